The van der Waals surface area contributed by atoms with Crippen molar-refractivity contribution in [2.75, 3.05) is 0 Å². The second-order valence-electron chi connectivity index (χ2n) is 0.707. The summed E-state index contributed by atoms with van der Waals surface area (Å²) in [6, 6.07) is 0. The first-order valence-corrected chi connectivity index (χ1v) is 127. The molecule has 0 aromatic carbocycles. The van der Waals surface area contributed by atoms with Crippen LogP contribution in [0.5, 0.6) is 0 Å². The molecule has 0 aromatic heterocycles. The summed E-state index contributed by atoms with van der Waals surface area (Å²) in [5.74, 6) is 0. The Morgan fingerprint density at radius 3 is 1.25 bits per heavy atom. The van der Waals surface area contributed by atoms with E-state index in [1.165, 1.54) is 58.3 Å². The minimum absolute atomic E-state index is 0.372. The zero-order valence-electron chi connectivity index (χ0n) is 2.83. The average Bonchev–Trinajstić information content (AvgIpc) is 1.37. The standard InChI is InChI=1S/4Ra. The van der Waals surface area contributed by atoms with Crippen molar-refractivity contribution in [2.45, 2.75) is 0 Å². The Kier molecular flexibility index (Phi) is 21.9. The van der Waals surface area contributed by atoms with Gasteiger partial charge in [0.05, 0.1) is 0 Å². The Balaban J connectivity index is 1.97. The van der Waals surface area contributed by atoms with Gasteiger partial charge in [0.1, 0.15) is 0 Å². The topological polar surface area (TPSA) is 0 Å². The summed E-state index contributed by atoms with van der Waals surface area (Å²) in [7, 11) is 0. The molecule has 0 amide bonds. The van der Waals surface area contributed by atoms with Gasteiger partial charge >= 0.3 is 84.8 Å². The summed E-state index contributed by atoms with van der Waals surface area (Å²) in [4.78, 5) is 0. The fourth-order valence-electron chi connectivity index (χ4n) is 0. The first-order chi connectivity index (χ1) is 1.91. The van der Waals surface area contributed by atoms with E-state index in [0.717, 1.165) is 0 Å². The van der Waals surface area contributed by atoms with Crippen LogP contribution >= 0.6 is 0 Å². The van der Waals surface area contributed by atoms with Gasteiger partial charge in [0.2, 0.25) is 0 Å². The molecule has 0 heterocycles. The Labute approximate surface area is 77.9 Å². The maximum absolute atomic E-state index is 1.37. The molecule has 2 radical (unpaired) electrons. The summed E-state index contributed by atoms with van der Waals surface area (Å²) in [5, 5.41) is 0. The van der Waals surface area contributed by atoms with E-state index in [1.807, 2.05) is 0 Å². The average molecular weight is 904 g/mol. The van der Waals surface area contributed by atoms with Gasteiger partial charge < -0.3 is 0 Å². The summed E-state index contributed by atoms with van der Waals surface area (Å²) in [6.45, 7) is 0. The van der Waals surface area contributed by atoms with Gasteiger partial charge in [-0.1, -0.05) is 0 Å². The molecule has 0 nitrogen and oxygen atoms in total. The quantitative estimate of drug-likeness (QED) is 0.349. The van der Waals surface area contributed by atoms with Crippen LogP contribution in [0, 0.1) is 84.8 Å². The van der Waals surface area contributed by atoms with Crippen LogP contribution in [0.15, 0.2) is 0 Å². The molecule has 8 valence electrons. The molecule has 0 saturated heterocycles. The monoisotopic (exact) mass is 904 g/mol. The molecule has 0 fully saturated rings. The van der Waals surface area contributed by atoms with Crippen molar-refractivity contribution in [2.24, 2.45) is 0 Å². The Morgan fingerprint density at radius 1 is 1.00 bits per heavy atom. The van der Waals surface area contributed by atoms with Crippen LogP contribution in [-0.4, -0.2) is 0 Å². The Hall–Kier alpha value is 5.87. The van der Waals surface area contributed by atoms with Gasteiger partial charge in [-0.25, -0.2) is 0 Å². The molecule has 0 aromatic rings. The van der Waals surface area contributed by atoms with Crippen LogP contribution in [-0.2, 0) is 0 Å². The van der Waals surface area contributed by atoms with Crippen molar-refractivity contribution in [3.8, 4) is 0 Å². The van der Waals surface area contributed by atoms with E-state index in [4.69, 9.17) is 0 Å². The van der Waals surface area contributed by atoms with E-state index in [9.17, 15) is 0 Å². The van der Waals surface area contributed by atoms with E-state index >= 15 is 0 Å². The van der Waals surface area contributed by atoms with E-state index in [0.29, 0.717) is 26.5 Å². The van der Waals surface area contributed by atoms with E-state index in [1.54, 1.807) is 0 Å². The predicted molar refractivity (Wildman–Crippen MR) is 0 cm³/mol. The molecule has 0 aliphatic heterocycles. The van der Waals surface area contributed by atoms with Crippen molar-refractivity contribution >= 4 is 0 Å². The summed E-state index contributed by atoms with van der Waals surface area (Å²) >= 11 is 3.49. The maximum atomic E-state index is 1.37. The van der Waals surface area contributed by atoms with E-state index < -0.39 is 0 Å². The fourth-order valence-corrected chi connectivity index (χ4v) is 0. The van der Waals surface area contributed by atoms with Gasteiger partial charge in [-0.2, -0.15) is 0 Å². The molecule has 0 bridgehead atoms. The van der Waals surface area contributed by atoms with Crippen LogP contribution < -0.4 is 0 Å². The van der Waals surface area contributed by atoms with Crippen LogP contribution in [0.25, 0.3) is 0 Å². The molecular weight excluding hydrogens is 904 g/mol. The van der Waals surface area contributed by atoms with Crippen molar-refractivity contribution in [1.82, 2.24) is 0 Å². The molecule has 0 unspecified atom stereocenters. The summed E-state index contributed by atoms with van der Waals surface area (Å²) in [5.41, 5.74) is 0. The molecular formula is Ra4. The van der Waals surface area contributed by atoms with Crippen molar-refractivity contribution < 1.29 is 84.8 Å². The number of hydrogen-bond acceptors (Lipinski definition) is 0. The van der Waals surface area contributed by atoms with Gasteiger partial charge in [-0.3, -0.25) is 0 Å². The van der Waals surface area contributed by atoms with E-state index in [-0.39, 0.29) is 0 Å². The second-order valence-corrected chi connectivity index (χ2v) is 554. The summed E-state index contributed by atoms with van der Waals surface area (Å²) < 4.78 is 0. The minimum atomic E-state index is 0.372. The third kappa shape index (κ3) is 7.87. The Morgan fingerprint density at radius 2 is 1.25 bits per heavy atom. The first kappa shape index (κ1) is 9.87. The molecule has 4 heavy (non-hydrogen) atoms. The van der Waals surface area contributed by atoms with Gasteiger partial charge in [0.25, 0.3) is 0 Å². The second kappa shape index (κ2) is 8.87. The van der Waals surface area contributed by atoms with Gasteiger partial charge in [0.15, 0.2) is 0 Å². The molecule has 0 N–H and O–H groups in total. The fraction of sp³-hybridized carbons (Fsp3) is 0. The Bertz CT molecular complexity index is 2.00. The third-order valence-corrected chi connectivity index (χ3v) is 1810. The molecule has 0 rings (SSSR count). The van der Waals surface area contributed by atoms with Crippen molar-refractivity contribution in [3.05, 3.63) is 0 Å². The SMILES string of the molecule is [Ra][Ra][Ra][Ra]. The van der Waals surface area contributed by atoms with Crippen LogP contribution in [0.4, 0.5) is 0 Å². The van der Waals surface area contributed by atoms with Crippen molar-refractivity contribution in [1.29, 1.82) is 0 Å². The predicted octanol–water partition coefficient (Wildman–Crippen LogP) is 0. The molecule has 0 aliphatic rings. The molecule has 0 saturated carbocycles. The van der Waals surface area contributed by atoms with E-state index in [2.05, 4.69) is 0 Å². The summed E-state index contributed by atoms with van der Waals surface area (Å²) in [6.07, 6.45) is 0. The van der Waals surface area contributed by atoms with Gasteiger partial charge in [-0.15, -0.1) is 0 Å². The third-order valence-electron chi connectivity index (χ3n) is 0.250. The van der Waals surface area contributed by atoms with Crippen LogP contribution in [0.2, 0.25) is 0 Å². The van der Waals surface area contributed by atoms with Gasteiger partial charge in [0, 0.05) is 0 Å². The first-order valence-electron chi connectivity index (χ1n) is 1.50. The van der Waals surface area contributed by atoms with Gasteiger partial charge in [-0.05, 0) is 0 Å². The molecule has 0 atom stereocenters. The van der Waals surface area contributed by atoms with Crippen LogP contribution in [0.3, 0.4) is 0 Å². The number of rotatable bonds is 1. The normalized spacial score (nSPS) is 2.50. The van der Waals surface area contributed by atoms with Crippen molar-refractivity contribution in [3.63, 3.8) is 0 Å². The molecule has 4 heteroatoms. The zero-order chi connectivity index (χ0) is 3.41. The van der Waals surface area contributed by atoms with Crippen LogP contribution in [0.1, 0.15) is 0 Å². The number of hydrogen-bond donors (Lipinski definition) is 0. The molecule has 0 aliphatic carbocycles. The zero-order valence-corrected chi connectivity index (χ0v) is 26.1. The molecule has 0 spiro atoms.